The van der Waals surface area contributed by atoms with Crippen molar-refractivity contribution in [3.8, 4) is 0 Å². The van der Waals surface area contributed by atoms with E-state index in [0.717, 1.165) is 51.4 Å². The average Bonchev–Trinajstić information content (AvgIpc) is 3.68. The summed E-state index contributed by atoms with van der Waals surface area (Å²) in [5.74, 6) is 1.45. The van der Waals surface area contributed by atoms with E-state index in [0.29, 0.717) is 36.7 Å². The molecule has 344 valence electrons. The van der Waals surface area contributed by atoms with E-state index in [2.05, 4.69) is 27.7 Å². The highest BCUT2D eigenvalue weighted by Gasteiger charge is 2.71. The Morgan fingerprint density at radius 3 is 1.97 bits per heavy atom. The zero-order valence-electron chi connectivity index (χ0n) is 35.3. The van der Waals surface area contributed by atoms with Crippen LogP contribution < -0.4 is 0 Å². The Morgan fingerprint density at radius 2 is 1.28 bits per heavy atom. The predicted octanol–water partition coefficient (Wildman–Crippen LogP) is -0.485. The Kier molecular flexibility index (Phi) is 12.3. The molecule has 0 aromatic heterocycles. The third-order valence-electron chi connectivity index (χ3n) is 17.5. The van der Waals surface area contributed by atoms with Crippen LogP contribution in [-0.4, -0.2) is 176 Å². The number of ether oxygens (including phenoxy) is 8. The molecule has 26 atom stereocenters. The summed E-state index contributed by atoms with van der Waals surface area (Å²) in [5, 5.41) is 94.0. The SMILES string of the molecule is CC1COC2(OC3CC4C5CCC6CC(OC7OC(CO)C(OC8OCC(O)C(O)C8O)C(O)C7O)CCC6(C)C5CCC4(C)C3C2C)C(OC2OCC(O)C(O)C2O)C1. The van der Waals surface area contributed by atoms with Crippen molar-refractivity contribution in [1.82, 2.24) is 0 Å². The highest BCUT2D eigenvalue weighted by atomic mass is 16.8. The Bertz CT molecular complexity index is 1510. The zero-order valence-corrected chi connectivity index (χ0v) is 35.3. The lowest BCUT2D eigenvalue weighted by molar-refractivity contribution is -0.366. The molecule has 17 heteroatoms. The van der Waals surface area contributed by atoms with Gasteiger partial charge in [0.1, 0.15) is 67.1 Å². The van der Waals surface area contributed by atoms with Gasteiger partial charge in [-0.3, -0.25) is 0 Å². The fourth-order valence-corrected chi connectivity index (χ4v) is 14.3. The third kappa shape index (κ3) is 7.16. The molecule has 5 aliphatic heterocycles. The van der Waals surface area contributed by atoms with Crippen LogP contribution in [0.4, 0.5) is 0 Å². The topological polar surface area (TPSA) is 256 Å². The second-order valence-electron chi connectivity index (χ2n) is 20.7. The van der Waals surface area contributed by atoms with Crippen LogP contribution >= 0.6 is 0 Å². The summed E-state index contributed by atoms with van der Waals surface area (Å²) in [5.41, 5.74) is 0.145. The van der Waals surface area contributed by atoms with Crippen LogP contribution in [0, 0.1) is 52.3 Å². The van der Waals surface area contributed by atoms with Crippen LogP contribution in [0.2, 0.25) is 0 Å². The minimum absolute atomic E-state index is 0.00250. The van der Waals surface area contributed by atoms with Gasteiger partial charge in [0.2, 0.25) is 0 Å². The highest BCUT2D eigenvalue weighted by molar-refractivity contribution is 5.16. The molecule has 0 bridgehead atoms. The molecule has 9 fully saturated rings. The van der Waals surface area contributed by atoms with Gasteiger partial charge in [0.15, 0.2) is 24.7 Å². The third-order valence-corrected chi connectivity index (χ3v) is 17.5. The fraction of sp³-hybridized carbons (Fsp3) is 1.00. The minimum atomic E-state index is -1.62. The summed E-state index contributed by atoms with van der Waals surface area (Å²) in [4.78, 5) is 0. The van der Waals surface area contributed by atoms with Crippen molar-refractivity contribution in [2.45, 2.75) is 189 Å². The van der Waals surface area contributed by atoms with Crippen molar-refractivity contribution in [3.05, 3.63) is 0 Å². The second-order valence-corrected chi connectivity index (χ2v) is 20.7. The van der Waals surface area contributed by atoms with Gasteiger partial charge in [0, 0.05) is 5.92 Å². The summed E-state index contributed by atoms with van der Waals surface area (Å²) in [6.45, 7) is 8.81. The normalized spacial score (nSPS) is 59.2. The van der Waals surface area contributed by atoms with Gasteiger partial charge in [-0.25, -0.2) is 0 Å². The lowest BCUT2D eigenvalue weighted by atomic mass is 9.44. The van der Waals surface area contributed by atoms with Crippen molar-refractivity contribution in [2.24, 2.45) is 52.3 Å². The van der Waals surface area contributed by atoms with Crippen LogP contribution in [0.15, 0.2) is 0 Å². The fourth-order valence-electron chi connectivity index (χ4n) is 14.3. The molecule has 26 unspecified atom stereocenters. The molecule has 5 saturated heterocycles. The predicted molar refractivity (Wildman–Crippen MR) is 205 cm³/mol. The Balaban J connectivity index is 0.835. The summed E-state index contributed by atoms with van der Waals surface area (Å²) >= 11 is 0. The lowest BCUT2D eigenvalue weighted by Gasteiger charge is -2.61. The molecule has 17 nitrogen and oxygen atoms in total. The Morgan fingerprint density at radius 1 is 0.633 bits per heavy atom. The maximum Gasteiger partial charge on any atom is 0.198 e. The number of aliphatic hydroxyl groups excluding tert-OH is 9. The molecule has 4 saturated carbocycles. The summed E-state index contributed by atoms with van der Waals surface area (Å²) in [6, 6.07) is 0. The molecule has 0 radical (unpaired) electrons. The highest BCUT2D eigenvalue weighted by Crippen LogP contribution is 2.71. The maximum absolute atomic E-state index is 11.2. The molecule has 9 rings (SSSR count). The van der Waals surface area contributed by atoms with E-state index in [4.69, 9.17) is 37.9 Å². The number of aliphatic hydroxyl groups is 9. The van der Waals surface area contributed by atoms with Gasteiger partial charge in [-0.1, -0.05) is 27.7 Å². The molecule has 0 aromatic rings. The van der Waals surface area contributed by atoms with Gasteiger partial charge in [-0.2, -0.15) is 0 Å². The molecular formula is C43H70O17. The van der Waals surface area contributed by atoms with E-state index >= 15 is 0 Å². The summed E-state index contributed by atoms with van der Waals surface area (Å²) < 4.78 is 49.4. The second kappa shape index (κ2) is 16.6. The first-order chi connectivity index (χ1) is 28.5. The van der Waals surface area contributed by atoms with Crippen molar-refractivity contribution < 1.29 is 83.9 Å². The van der Waals surface area contributed by atoms with Crippen LogP contribution in [-0.2, 0) is 37.9 Å². The van der Waals surface area contributed by atoms with E-state index in [1.165, 1.54) is 0 Å². The maximum atomic E-state index is 11.2. The smallest absolute Gasteiger partial charge is 0.198 e. The molecule has 9 aliphatic rings. The number of fused-ring (bicyclic) bond motifs is 7. The zero-order chi connectivity index (χ0) is 42.6. The minimum Gasteiger partial charge on any atom is -0.394 e. The van der Waals surface area contributed by atoms with E-state index in [1.54, 1.807) is 0 Å². The van der Waals surface area contributed by atoms with Crippen LogP contribution in [0.3, 0.4) is 0 Å². The standard InChI is InChI=1S/C43H70O17/c1-18-11-29(58-38-34(50)31(47)25(45)16-53-38)43(55-15-18)19(2)30-27(60-43)13-24-22-6-5-20-12-21(7-9-41(20,3)23(22)8-10-42(24,30)4)56-40-36(52)33(49)37(28(14-44)57-40)59-39-35(51)32(48)26(46)17-54-39/h18-40,44-52H,5-17H2,1-4H3. The van der Waals surface area contributed by atoms with Crippen LogP contribution in [0.25, 0.3) is 0 Å². The van der Waals surface area contributed by atoms with Crippen LogP contribution in [0.1, 0.15) is 85.5 Å². The van der Waals surface area contributed by atoms with Gasteiger partial charge < -0.3 is 83.9 Å². The molecule has 1 spiro atoms. The van der Waals surface area contributed by atoms with Gasteiger partial charge >= 0.3 is 0 Å². The average molecular weight is 859 g/mol. The molecule has 5 heterocycles. The van der Waals surface area contributed by atoms with E-state index in [1.807, 2.05) is 0 Å². The molecule has 60 heavy (non-hydrogen) atoms. The number of rotatable bonds is 7. The first-order valence-electron chi connectivity index (χ1n) is 22.7. The Labute approximate surface area is 351 Å². The summed E-state index contributed by atoms with van der Waals surface area (Å²) in [7, 11) is 0. The monoisotopic (exact) mass is 858 g/mol. The molecule has 4 aliphatic carbocycles. The molecular weight excluding hydrogens is 788 g/mol. The van der Waals surface area contributed by atoms with Gasteiger partial charge in [0.05, 0.1) is 38.6 Å². The first-order valence-corrected chi connectivity index (χ1v) is 22.7. The molecule has 0 amide bonds. The number of hydrogen-bond donors (Lipinski definition) is 9. The van der Waals surface area contributed by atoms with Crippen LogP contribution in [0.5, 0.6) is 0 Å². The Hall–Kier alpha value is -0.680. The van der Waals surface area contributed by atoms with Gasteiger partial charge in [-0.15, -0.1) is 0 Å². The van der Waals surface area contributed by atoms with E-state index < -0.39 is 98.4 Å². The molecule has 9 N–H and O–H groups in total. The summed E-state index contributed by atoms with van der Waals surface area (Å²) in [6.07, 6.45) is -9.91. The van der Waals surface area contributed by atoms with Gasteiger partial charge in [-0.05, 0) is 104 Å². The van der Waals surface area contributed by atoms with Gasteiger partial charge in [0.25, 0.3) is 0 Å². The first kappa shape index (κ1) is 44.5. The van der Waals surface area contributed by atoms with Crippen molar-refractivity contribution in [3.63, 3.8) is 0 Å². The quantitative estimate of drug-likeness (QED) is 0.147. The van der Waals surface area contributed by atoms with Crippen molar-refractivity contribution >= 4 is 0 Å². The number of hydrogen-bond acceptors (Lipinski definition) is 17. The van der Waals surface area contributed by atoms with E-state index in [9.17, 15) is 46.0 Å². The largest absolute Gasteiger partial charge is 0.394 e. The molecule has 0 aromatic carbocycles. The van der Waals surface area contributed by atoms with Crippen molar-refractivity contribution in [2.75, 3.05) is 26.4 Å². The van der Waals surface area contributed by atoms with E-state index in [-0.39, 0.29) is 54.0 Å². The lowest BCUT2D eigenvalue weighted by Crippen LogP contribution is -2.63. The van der Waals surface area contributed by atoms with Crippen molar-refractivity contribution in [1.29, 1.82) is 0 Å².